The van der Waals surface area contributed by atoms with E-state index in [1.165, 1.54) is 0 Å². The maximum Gasteiger partial charge on any atom is 0.311 e. The van der Waals surface area contributed by atoms with E-state index in [9.17, 15) is 23.5 Å². The van der Waals surface area contributed by atoms with Crippen molar-refractivity contribution in [3.05, 3.63) is 70.9 Å². The van der Waals surface area contributed by atoms with Crippen LogP contribution in [0.4, 0.5) is 8.78 Å². The molecule has 0 fully saturated rings. The van der Waals surface area contributed by atoms with Gasteiger partial charge in [-0.05, 0) is 36.2 Å². The van der Waals surface area contributed by atoms with E-state index >= 15 is 0 Å². The lowest BCUT2D eigenvalue weighted by Crippen LogP contribution is -2.17. The molecule has 0 saturated carbocycles. The van der Waals surface area contributed by atoms with Gasteiger partial charge in [-0.3, -0.25) is 9.59 Å². The van der Waals surface area contributed by atoms with Crippen LogP contribution in [0.15, 0.2) is 42.6 Å². The lowest BCUT2D eigenvalue weighted by atomic mass is 9.91. The Labute approximate surface area is 142 Å². The second-order valence-corrected chi connectivity index (χ2v) is 5.94. The number of rotatable bonds is 5. The summed E-state index contributed by atoms with van der Waals surface area (Å²) < 4.78 is 26.8. The molecule has 1 heterocycles. The van der Waals surface area contributed by atoms with Crippen molar-refractivity contribution in [2.75, 3.05) is 0 Å². The van der Waals surface area contributed by atoms with Gasteiger partial charge < -0.3 is 10.1 Å². The Morgan fingerprint density at radius 1 is 1.16 bits per heavy atom. The smallest absolute Gasteiger partial charge is 0.311 e. The van der Waals surface area contributed by atoms with Crippen LogP contribution >= 0.6 is 0 Å². The molecular formula is C19H15F2NO3. The normalized spacial score (nSPS) is 12.3. The van der Waals surface area contributed by atoms with Crippen molar-refractivity contribution in [3.8, 4) is 0 Å². The zero-order valence-corrected chi connectivity index (χ0v) is 13.3. The van der Waals surface area contributed by atoms with E-state index < -0.39 is 35.7 Å². The lowest BCUT2D eigenvalue weighted by Gasteiger charge is -2.11. The first-order valence-corrected chi connectivity index (χ1v) is 7.65. The first-order chi connectivity index (χ1) is 11.9. The third-order valence-electron chi connectivity index (χ3n) is 4.16. The van der Waals surface area contributed by atoms with Gasteiger partial charge in [-0.1, -0.05) is 12.1 Å². The van der Waals surface area contributed by atoms with E-state index in [4.69, 9.17) is 0 Å². The molecule has 0 radical (unpaired) electrons. The van der Waals surface area contributed by atoms with Gasteiger partial charge >= 0.3 is 5.97 Å². The number of nitrogens with one attached hydrogen (secondary N) is 1. The molecule has 1 aromatic heterocycles. The highest BCUT2D eigenvalue weighted by atomic mass is 19.1. The summed E-state index contributed by atoms with van der Waals surface area (Å²) in [5.41, 5.74) is 1.92. The summed E-state index contributed by atoms with van der Waals surface area (Å²) in [6, 6.07) is 8.12. The number of halogens is 2. The summed E-state index contributed by atoms with van der Waals surface area (Å²) in [5.74, 6) is -4.79. The number of fused-ring (bicyclic) bond motifs is 1. The van der Waals surface area contributed by atoms with Gasteiger partial charge in [-0.25, -0.2) is 8.78 Å². The third-order valence-corrected chi connectivity index (χ3v) is 4.16. The summed E-state index contributed by atoms with van der Waals surface area (Å²) in [5, 5.41) is 10.2. The van der Waals surface area contributed by atoms with Crippen molar-refractivity contribution in [1.82, 2.24) is 4.98 Å². The molecule has 3 aromatic rings. The van der Waals surface area contributed by atoms with Crippen molar-refractivity contribution in [2.45, 2.75) is 19.3 Å². The minimum absolute atomic E-state index is 0.316. The van der Waals surface area contributed by atoms with Gasteiger partial charge in [0.2, 0.25) is 0 Å². The SMILES string of the molecule is Cc1ccc2c(C(CC(=O)c3ccc(F)cc3F)C(=O)O)c[nH]c2c1. The summed E-state index contributed by atoms with van der Waals surface area (Å²) in [6.07, 6.45) is 1.13. The maximum atomic E-state index is 13.8. The molecule has 4 nitrogen and oxygen atoms in total. The molecule has 3 rings (SSSR count). The zero-order valence-electron chi connectivity index (χ0n) is 13.3. The van der Waals surface area contributed by atoms with Gasteiger partial charge in [0.15, 0.2) is 5.78 Å². The number of hydrogen-bond donors (Lipinski definition) is 2. The highest BCUT2D eigenvalue weighted by molar-refractivity contribution is 6.00. The Hall–Kier alpha value is -3.02. The largest absolute Gasteiger partial charge is 0.481 e. The van der Waals surface area contributed by atoms with Crippen LogP contribution in [0.5, 0.6) is 0 Å². The van der Waals surface area contributed by atoms with Gasteiger partial charge in [-0.2, -0.15) is 0 Å². The maximum absolute atomic E-state index is 13.8. The number of aryl methyl sites for hydroxylation is 1. The Balaban J connectivity index is 1.96. The van der Waals surface area contributed by atoms with Crippen molar-refractivity contribution >= 4 is 22.7 Å². The Kier molecular flexibility index (Phi) is 4.35. The minimum Gasteiger partial charge on any atom is -0.481 e. The number of carboxylic acid groups (broad SMARTS) is 1. The van der Waals surface area contributed by atoms with Crippen LogP contribution < -0.4 is 0 Å². The van der Waals surface area contributed by atoms with E-state index in [-0.39, 0.29) is 5.56 Å². The molecule has 128 valence electrons. The summed E-state index contributed by atoms with van der Waals surface area (Å²) >= 11 is 0. The molecule has 0 amide bonds. The van der Waals surface area contributed by atoms with Crippen LogP contribution in [-0.4, -0.2) is 21.8 Å². The molecule has 2 N–H and O–H groups in total. The summed E-state index contributed by atoms with van der Waals surface area (Å²) in [6.45, 7) is 1.91. The van der Waals surface area contributed by atoms with E-state index in [1.54, 1.807) is 12.3 Å². The van der Waals surface area contributed by atoms with Gasteiger partial charge in [-0.15, -0.1) is 0 Å². The fraction of sp³-hybridized carbons (Fsp3) is 0.158. The van der Waals surface area contributed by atoms with Crippen LogP contribution in [0.25, 0.3) is 10.9 Å². The lowest BCUT2D eigenvalue weighted by molar-refractivity contribution is -0.138. The number of ketones is 1. The first kappa shape index (κ1) is 16.8. The summed E-state index contributed by atoms with van der Waals surface area (Å²) in [4.78, 5) is 27.0. The van der Waals surface area contributed by atoms with Crippen LogP contribution in [-0.2, 0) is 4.79 Å². The number of carbonyl (C=O) groups is 2. The molecule has 0 spiro atoms. The molecule has 0 saturated heterocycles. The van der Waals surface area contributed by atoms with Crippen molar-refractivity contribution < 1.29 is 23.5 Å². The average Bonchev–Trinajstić information content (AvgIpc) is 2.94. The molecule has 0 aliphatic heterocycles. The standard InChI is InChI=1S/C19H15F2NO3/c1-10-2-4-12-15(9-22-17(12)6-10)14(19(24)25)8-18(23)13-5-3-11(20)7-16(13)21/h2-7,9,14,22H,8H2,1H3,(H,24,25). The van der Waals surface area contributed by atoms with Gasteiger partial charge in [0, 0.05) is 29.6 Å². The number of Topliss-reactive ketones (excluding diaryl/α,β-unsaturated/α-hetero) is 1. The monoisotopic (exact) mass is 343 g/mol. The van der Waals surface area contributed by atoms with E-state index in [0.29, 0.717) is 17.0 Å². The topological polar surface area (TPSA) is 70.2 Å². The Morgan fingerprint density at radius 3 is 2.60 bits per heavy atom. The van der Waals surface area contributed by atoms with Gasteiger partial charge in [0.25, 0.3) is 0 Å². The predicted molar refractivity (Wildman–Crippen MR) is 88.7 cm³/mol. The fourth-order valence-corrected chi connectivity index (χ4v) is 2.89. The Bertz CT molecular complexity index is 978. The number of hydrogen-bond acceptors (Lipinski definition) is 2. The fourth-order valence-electron chi connectivity index (χ4n) is 2.89. The second-order valence-electron chi connectivity index (χ2n) is 5.94. The van der Waals surface area contributed by atoms with E-state index in [0.717, 1.165) is 23.2 Å². The molecule has 0 aliphatic carbocycles. The van der Waals surface area contributed by atoms with Crippen molar-refractivity contribution in [2.24, 2.45) is 0 Å². The molecule has 2 aromatic carbocycles. The van der Waals surface area contributed by atoms with E-state index in [2.05, 4.69) is 4.98 Å². The molecule has 1 atom stereocenters. The predicted octanol–water partition coefficient (Wildman–Crippen LogP) is 4.20. The number of aliphatic carboxylic acids is 1. The average molecular weight is 343 g/mol. The molecule has 25 heavy (non-hydrogen) atoms. The minimum atomic E-state index is -1.18. The number of carboxylic acids is 1. The van der Waals surface area contributed by atoms with Crippen LogP contribution in [0.3, 0.4) is 0 Å². The van der Waals surface area contributed by atoms with Gasteiger partial charge in [0.05, 0.1) is 11.5 Å². The van der Waals surface area contributed by atoms with Crippen molar-refractivity contribution in [1.29, 1.82) is 0 Å². The molecule has 6 heteroatoms. The molecular weight excluding hydrogens is 328 g/mol. The van der Waals surface area contributed by atoms with Crippen LogP contribution in [0.1, 0.15) is 33.8 Å². The quantitative estimate of drug-likeness (QED) is 0.682. The molecule has 0 bridgehead atoms. The summed E-state index contributed by atoms with van der Waals surface area (Å²) in [7, 11) is 0. The highest BCUT2D eigenvalue weighted by Gasteiger charge is 2.27. The number of aromatic nitrogens is 1. The van der Waals surface area contributed by atoms with E-state index in [1.807, 2.05) is 19.1 Å². The van der Waals surface area contributed by atoms with Gasteiger partial charge in [0.1, 0.15) is 11.6 Å². The number of H-pyrrole nitrogens is 1. The Morgan fingerprint density at radius 2 is 1.92 bits per heavy atom. The molecule has 1 unspecified atom stereocenters. The number of carbonyl (C=O) groups excluding carboxylic acids is 1. The third kappa shape index (κ3) is 3.28. The van der Waals surface area contributed by atoms with Crippen molar-refractivity contribution in [3.63, 3.8) is 0 Å². The second kappa shape index (κ2) is 6.47. The van der Waals surface area contributed by atoms with Crippen LogP contribution in [0.2, 0.25) is 0 Å². The molecule has 0 aliphatic rings. The first-order valence-electron chi connectivity index (χ1n) is 7.65. The highest BCUT2D eigenvalue weighted by Crippen LogP contribution is 2.30. The van der Waals surface area contributed by atoms with Crippen LogP contribution in [0, 0.1) is 18.6 Å². The number of aromatic amines is 1. The number of benzene rings is 2. The zero-order chi connectivity index (χ0) is 18.1.